The molecule has 1 spiro atoms. The van der Waals surface area contributed by atoms with Crippen LogP contribution in [0.5, 0.6) is 0 Å². The molecule has 2 aromatic carbocycles. The van der Waals surface area contributed by atoms with Crippen molar-refractivity contribution in [1.82, 2.24) is 9.88 Å². The van der Waals surface area contributed by atoms with E-state index in [0.717, 1.165) is 54.7 Å². The lowest BCUT2D eigenvalue weighted by molar-refractivity contribution is -0.175. The predicted molar refractivity (Wildman–Crippen MR) is 133 cm³/mol. The van der Waals surface area contributed by atoms with Gasteiger partial charge in [0.25, 0.3) is 0 Å². The summed E-state index contributed by atoms with van der Waals surface area (Å²) < 4.78 is 42.1. The van der Waals surface area contributed by atoms with Gasteiger partial charge in [-0.05, 0) is 106 Å². The molecule has 1 unspecified atom stereocenters. The smallest absolute Gasteiger partial charge is 0.326 e. The lowest BCUT2D eigenvalue weighted by atomic mass is 9.76. The second-order valence-corrected chi connectivity index (χ2v) is 10.9. The number of alkyl halides is 3. The van der Waals surface area contributed by atoms with Gasteiger partial charge in [0.2, 0.25) is 0 Å². The van der Waals surface area contributed by atoms with E-state index in [4.69, 9.17) is 0 Å². The number of aldehydes is 1. The number of nitrogens with zero attached hydrogens (tertiary/aromatic N) is 2. The maximum Gasteiger partial charge on any atom is 0.391 e. The zero-order chi connectivity index (χ0) is 24.2. The number of carbonyl (C=O) groups is 1. The van der Waals surface area contributed by atoms with Crippen LogP contribution >= 0.6 is 23.3 Å². The predicted octanol–water partition coefficient (Wildman–Crippen LogP) is 7.29. The van der Waals surface area contributed by atoms with Gasteiger partial charge in [0.1, 0.15) is 6.29 Å². The number of piperidine rings is 1. The summed E-state index contributed by atoms with van der Waals surface area (Å²) in [6.07, 6.45) is 0.300. The lowest BCUT2D eigenvalue weighted by Gasteiger charge is -2.38. The highest BCUT2D eigenvalue weighted by atomic mass is 32.2. The van der Waals surface area contributed by atoms with Gasteiger partial charge >= 0.3 is 6.18 Å². The Bertz CT molecular complexity index is 1090. The molecule has 0 amide bonds. The monoisotopic (exact) mass is 507 g/mol. The summed E-state index contributed by atoms with van der Waals surface area (Å²) in [6, 6.07) is 13.5. The van der Waals surface area contributed by atoms with Crippen LogP contribution in [0.3, 0.4) is 0 Å². The summed E-state index contributed by atoms with van der Waals surface area (Å²) in [5.74, 6) is -1.03. The van der Waals surface area contributed by atoms with Crippen LogP contribution in [-0.4, -0.2) is 42.5 Å². The van der Waals surface area contributed by atoms with Gasteiger partial charge in [-0.3, -0.25) is 4.79 Å². The fourth-order valence-corrected chi connectivity index (χ4v) is 6.26. The Morgan fingerprint density at radius 1 is 1.15 bits per heavy atom. The second kappa shape index (κ2) is 10.7. The van der Waals surface area contributed by atoms with Gasteiger partial charge in [-0.15, -0.1) is 11.3 Å². The number of anilines is 1. The zero-order valence-electron chi connectivity index (χ0n) is 19.0. The van der Waals surface area contributed by atoms with Crippen LogP contribution in [0.1, 0.15) is 42.5 Å². The maximum absolute atomic E-state index is 12.6. The SMILES string of the molecule is CN1CCC2(CCC(C(F)(F)F)C2)CC1.O=Cc1ccc(NSc2cccc3scnc23)cc1. The van der Waals surface area contributed by atoms with E-state index in [0.29, 0.717) is 18.4 Å². The van der Waals surface area contributed by atoms with Crippen LogP contribution in [-0.2, 0) is 0 Å². The molecule has 1 saturated heterocycles. The first-order valence-corrected chi connectivity index (χ1v) is 13.0. The molecule has 182 valence electrons. The average Bonchev–Trinajstić information content (AvgIpc) is 3.48. The Morgan fingerprint density at radius 3 is 2.53 bits per heavy atom. The first-order valence-electron chi connectivity index (χ1n) is 11.3. The largest absolute Gasteiger partial charge is 0.391 e. The Morgan fingerprint density at radius 2 is 1.88 bits per heavy atom. The summed E-state index contributed by atoms with van der Waals surface area (Å²) >= 11 is 3.16. The number of rotatable bonds is 4. The summed E-state index contributed by atoms with van der Waals surface area (Å²) in [5.41, 5.74) is 4.54. The number of hydrogen-bond acceptors (Lipinski definition) is 6. The van der Waals surface area contributed by atoms with E-state index in [1.54, 1.807) is 23.5 Å². The van der Waals surface area contributed by atoms with Crippen molar-refractivity contribution in [1.29, 1.82) is 0 Å². The Hall–Kier alpha value is -2.10. The molecule has 34 heavy (non-hydrogen) atoms. The van der Waals surface area contributed by atoms with Gasteiger partial charge < -0.3 is 9.62 Å². The number of fused-ring (bicyclic) bond motifs is 1. The fourth-order valence-electron chi connectivity index (χ4n) is 4.72. The van der Waals surface area contributed by atoms with Gasteiger partial charge in [-0.1, -0.05) is 6.07 Å². The molecule has 3 aromatic rings. The van der Waals surface area contributed by atoms with Crippen molar-refractivity contribution < 1.29 is 18.0 Å². The third-order valence-corrected chi connectivity index (χ3v) is 8.54. The molecule has 1 N–H and O–H groups in total. The van der Waals surface area contributed by atoms with Crippen LogP contribution in [0, 0.1) is 11.3 Å². The van der Waals surface area contributed by atoms with Gasteiger partial charge in [0.15, 0.2) is 0 Å². The van der Waals surface area contributed by atoms with E-state index >= 15 is 0 Å². The Balaban J connectivity index is 0.000000166. The summed E-state index contributed by atoms with van der Waals surface area (Å²) in [6.45, 7) is 1.93. The van der Waals surface area contributed by atoms with Gasteiger partial charge in [-0.25, -0.2) is 4.98 Å². The molecule has 4 nitrogen and oxygen atoms in total. The molecule has 2 aliphatic rings. The van der Waals surface area contributed by atoms with Crippen molar-refractivity contribution in [2.45, 2.75) is 43.2 Å². The van der Waals surface area contributed by atoms with E-state index in [-0.39, 0.29) is 5.41 Å². The molecule has 1 atom stereocenters. The quantitative estimate of drug-likeness (QED) is 0.297. The van der Waals surface area contributed by atoms with Crippen LogP contribution in [0.4, 0.5) is 18.9 Å². The molecule has 0 radical (unpaired) electrons. The molecule has 5 rings (SSSR count). The fraction of sp³-hybridized carbons (Fsp3) is 0.440. The van der Waals surface area contributed by atoms with E-state index in [1.165, 1.54) is 16.6 Å². The highest BCUT2D eigenvalue weighted by Crippen LogP contribution is 2.53. The molecule has 1 aromatic heterocycles. The summed E-state index contributed by atoms with van der Waals surface area (Å²) in [4.78, 5) is 18.3. The number of benzene rings is 2. The van der Waals surface area contributed by atoms with Crippen LogP contribution in [0.15, 0.2) is 52.9 Å². The third-order valence-electron chi connectivity index (χ3n) is 6.86. The molecule has 2 heterocycles. The molecule has 1 saturated carbocycles. The summed E-state index contributed by atoms with van der Waals surface area (Å²) in [7, 11) is 2.04. The number of thiazole rings is 1. The van der Waals surface area contributed by atoms with Crippen molar-refractivity contribution in [3.05, 3.63) is 53.5 Å². The Kier molecular flexibility index (Phi) is 7.84. The first kappa shape index (κ1) is 25.0. The molecule has 0 bridgehead atoms. The molecule has 2 fully saturated rings. The van der Waals surface area contributed by atoms with Crippen molar-refractivity contribution in [3.8, 4) is 0 Å². The van der Waals surface area contributed by atoms with E-state index < -0.39 is 12.1 Å². The van der Waals surface area contributed by atoms with E-state index in [2.05, 4.69) is 20.7 Å². The lowest BCUT2D eigenvalue weighted by Crippen LogP contribution is -2.37. The molecule has 1 aliphatic heterocycles. The topological polar surface area (TPSA) is 45.2 Å². The summed E-state index contributed by atoms with van der Waals surface area (Å²) in [5, 5.41) is 0. The van der Waals surface area contributed by atoms with Crippen LogP contribution < -0.4 is 4.72 Å². The normalized spacial score (nSPS) is 20.2. The maximum atomic E-state index is 12.6. The first-order chi connectivity index (χ1) is 16.3. The minimum absolute atomic E-state index is 0.0205. The second-order valence-electron chi connectivity index (χ2n) is 9.18. The highest BCUT2D eigenvalue weighted by molar-refractivity contribution is 8.00. The number of para-hydroxylation sites is 1. The number of aromatic nitrogens is 1. The van der Waals surface area contributed by atoms with Crippen LogP contribution in [0.25, 0.3) is 10.2 Å². The number of likely N-dealkylation sites (tertiary alicyclic amines) is 1. The molecular formula is C25H28F3N3OS2. The number of hydrogen-bond donors (Lipinski definition) is 1. The standard InChI is InChI=1S/C14H10N2OS2.C11H18F3N/c17-8-10-4-6-11(7-5-10)16-19-13-3-1-2-12-14(13)15-9-18-12;1-15-6-4-10(5-7-15)3-2-9(8-10)11(12,13)14/h1-9,16H;9H,2-8H2,1H3. The number of nitrogens with one attached hydrogen (secondary N) is 1. The van der Waals surface area contributed by atoms with E-state index in [1.807, 2.05) is 36.8 Å². The van der Waals surface area contributed by atoms with Crippen molar-refractivity contribution >= 4 is 45.5 Å². The minimum Gasteiger partial charge on any atom is -0.326 e. The van der Waals surface area contributed by atoms with Crippen molar-refractivity contribution in [2.24, 2.45) is 11.3 Å². The average molecular weight is 508 g/mol. The third kappa shape index (κ3) is 6.12. The van der Waals surface area contributed by atoms with Gasteiger partial charge in [-0.2, -0.15) is 13.2 Å². The van der Waals surface area contributed by atoms with Crippen LogP contribution in [0.2, 0.25) is 0 Å². The van der Waals surface area contributed by atoms with Gasteiger partial charge in [0.05, 0.1) is 26.5 Å². The number of carbonyl (C=O) groups excluding carboxylic acids is 1. The molecule has 1 aliphatic carbocycles. The van der Waals surface area contributed by atoms with Gasteiger partial charge in [0, 0.05) is 11.3 Å². The van der Waals surface area contributed by atoms with Crippen molar-refractivity contribution in [2.75, 3.05) is 24.9 Å². The van der Waals surface area contributed by atoms with Crippen molar-refractivity contribution in [3.63, 3.8) is 0 Å². The molecule has 9 heteroatoms. The van der Waals surface area contributed by atoms with E-state index in [9.17, 15) is 18.0 Å². The zero-order valence-corrected chi connectivity index (χ0v) is 20.6. The number of halogens is 3. The minimum atomic E-state index is -3.97. The highest BCUT2D eigenvalue weighted by Gasteiger charge is 2.50. The Labute approximate surface area is 206 Å². The molecular weight excluding hydrogens is 479 g/mol.